The Morgan fingerprint density at radius 1 is 1.18 bits per heavy atom. The Balaban J connectivity index is 1.77. The van der Waals surface area contributed by atoms with Crippen molar-refractivity contribution < 1.29 is 0 Å². The first-order valence-electron chi connectivity index (χ1n) is 6.94. The molecule has 1 aromatic heterocycles. The molecular formula is C15H24N2. The summed E-state index contributed by atoms with van der Waals surface area (Å²) in [5.41, 5.74) is 3.42. The van der Waals surface area contributed by atoms with Crippen molar-refractivity contribution in [3.05, 3.63) is 23.5 Å². The number of anilines is 1. The summed E-state index contributed by atoms with van der Waals surface area (Å²) in [6, 6.07) is 4.23. The average Bonchev–Trinajstić information content (AvgIpc) is 2.33. The lowest BCUT2D eigenvalue weighted by molar-refractivity contribution is 0.345. The molecular weight excluding hydrogens is 208 g/mol. The second-order valence-electron chi connectivity index (χ2n) is 5.31. The van der Waals surface area contributed by atoms with E-state index >= 15 is 0 Å². The number of nitrogens with one attached hydrogen (secondary N) is 1. The van der Waals surface area contributed by atoms with Crippen molar-refractivity contribution in [2.24, 2.45) is 5.92 Å². The molecule has 1 fully saturated rings. The van der Waals surface area contributed by atoms with E-state index in [9.17, 15) is 0 Å². The van der Waals surface area contributed by atoms with Gasteiger partial charge in [0.2, 0.25) is 0 Å². The van der Waals surface area contributed by atoms with E-state index in [0.29, 0.717) is 0 Å². The van der Waals surface area contributed by atoms with E-state index in [1.807, 2.05) is 6.92 Å². The highest BCUT2D eigenvalue weighted by atomic mass is 14.9. The van der Waals surface area contributed by atoms with Crippen LogP contribution in [0, 0.1) is 19.8 Å². The van der Waals surface area contributed by atoms with Gasteiger partial charge in [-0.05, 0) is 38.3 Å². The van der Waals surface area contributed by atoms with Crippen molar-refractivity contribution in [1.82, 2.24) is 4.98 Å². The third-order valence-corrected chi connectivity index (χ3v) is 3.82. The third-order valence-electron chi connectivity index (χ3n) is 3.82. The van der Waals surface area contributed by atoms with Crippen molar-refractivity contribution in [3.63, 3.8) is 0 Å². The lowest BCUT2D eigenvalue weighted by Gasteiger charge is -2.21. The number of pyridine rings is 1. The Morgan fingerprint density at radius 3 is 2.65 bits per heavy atom. The van der Waals surface area contributed by atoms with Crippen LogP contribution in [0.2, 0.25) is 0 Å². The molecule has 1 aromatic rings. The topological polar surface area (TPSA) is 24.9 Å². The van der Waals surface area contributed by atoms with Crippen LogP contribution in [0.15, 0.2) is 12.1 Å². The van der Waals surface area contributed by atoms with Crippen LogP contribution in [0.1, 0.15) is 49.9 Å². The Hall–Kier alpha value is -1.05. The predicted octanol–water partition coefficient (Wildman–Crippen LogP) is 4.08. The zero-order chi connectivity index (χ0) is 12.1. The largest absolute Gasteiger partial charge is 0.384 e. The summed E-state index contributed by atoms with van der Waals surface area (Å²) in [4.78, 5) is 4.48. The van der Waals surface area contributed by atoms with Gasteiger partial charge in [0.05, 0.1) is 11.4 Å². The van der Waals surface area contributed by atoms with Gasteiger partial charge in [-0.15, -0.1) is 0 Å². The minimum absolute atomic E-state index is 0.954. The van der Waals surface area contributed by atoms with E-state index in [0.717, 1.165) is 23.9 Å². The summed E-state index contributed by atoms with van der Waals surface area (Å²) in [6.45, 7) is 5.21. The molecule has 0 unspecified atom stereocenters. The molecule has 1 aliphatic rings. The molecule has 2 rings (SSSR count). The van der Waals surface area contributed by atoms with Crippen molar-refractivity contribution in [3.8, 4) is 0 Å². The first kappa shape index (κ1) is 12.4. The van der Waals surface area contributed by atoms with E-state index in [-0.39, 0.29) is 0 Å². The van der Waals surface area contributed by atoms with Crippen LogP contribution in [-0.2, 0) is 0 Å². The fourth-order valence-electron chi connectivity index (χ4n) is 2.76. The van der Waals surface area contributed by atoms with Gasteiger partial charge in [-0.3, -0.25) is 4.98 Å². The van der Waals surface area contributed by atoms with Crippen molar-refractivity contribution in [2.75, 3.05) is 11.9 Å². The van der Waals surface area contributed by atoms with E-state index in [2.05, 4.69) is 29.4 Å². The van der Waals surface area contributed by atoms with Gasteiger partial charge in [-0.2, -0.15) is 0 Å². The molecule has 0 aromatic carbocycles. The number of aromatic nitrogens is 1. The molecule has 0 aliphatic heterocycles. The van der Waals surface area contributed by atoms with E-state index in [1.165, 1.54) is 44.2 Å². The summed E-state index contributed by atoms with van der Waals surface area (Å²) in [5.74, 6) is 0.954. The van der Waals surface area contributed by atoms with Crippen LogP contribution in [0.4, 0.5) is 5.69 Å². The number of nitrogens with zero attached hydrogens (tertiary/aromatic N) is 1. The Labute approximate surface area is 105 Å². The first-order chi connectivity index (χ1) is 8.25. The van der Waals surface area contributed by atoms with Crippen LogP contribution in [0.5, 0.6) is 0 Å². The van der Waals surface area contributed by atoms with E-state index < -0.39 is 0 Å². The minimum atomic E-state index is 0.954. The molecule has 1 heterocycles. The molecule has 1 saturated carbocycles. The minimum Gasteiger partial charge on any atom is -0.384 e. The molecule has 0 saturated heterocycles. The molecule has 0 spiro atoms. The molecule has 1 aliphatic carbocycles. The van der Waals surface area contributed by atoms with Gasteiger partial charge >= 0.3 is 0 Å². The molecule has 2 nitrogen and oxygen atoms in total. The highest BCUT2D eigenvalue weighted by molar-refractivity contribution is 5.47. The molecule has 94 valence electrons. The van der Waals surface area contributed by atoms with E-state index in [4.69, 9.17) is 0 Å². The standard InChI is InChI=1S/C15H24N2/c1-12-8-9-15(13(2)17-12)16-11-10-14-6-4-3-5-7-14/h8-9,14,16H,3-7,10-11H2,1-2H3. The summed E-state index contributed by atoms with van der Waals surface area (Å²) >= 11 is 0. The first-order valence-corrected chi connectivity index (χ1v) is 6.94. The maximum absolute atomic E-state index is 4.48. The van der Waals surface area contributed by atoms with Crippen LogP contribution in [-0.4, -0.2) is 11.5 Å². The van der Waals surface area contributed by atoms with Gasteiger partial charge in [0.25, 0.3) is 0 Å². The van der Waals surface area contributed by atoms with Crippen molar-refractivity contribution in [1.29, 1.82) is 0 Å². The molecule has 0 amide bonds. The Kier molecular flexibility index (Phi) is 4.41. The summed E-state index contributed by atoms with van der Waals surface area (Å²) in [5, 5.41) is 3.52. The van der Waals surface area contributed by atoms with Gasteiger partial charge in [-0.1, -0.05) is 32.1 Å². The van der Waals surface area contributed by atoms with Gasteiger partial charge in [0.15, 0.2) is 0 Å². The smallest absolute Gasteiger partial charge is 0.0606 e. The molecule has 0 atom stereocenters. The average molecular weight is 232 g/mol. The van der Waals surface area contributed by atoms with Crippen LogP contribution in [0.3, 0.4) is 0 Å². The lowest BCUT2D eigenvalue weighted by Crippen LogP contribution is -2.12. The summed E-state index contributed by atoms with van der Waals surface area (Å²) in [7, 11) is 0. The fourth-order valence-corrected chi connectivity index (χ4v) is 2.76. The molecule has 0 bridgehead atoms. The summed E-state index contributed by atoms with van der Waals surface area (Å²) in [6.07, 6.45) is 8.52. The highest BCUT2D eigenvalue weighted by Gasteiger charge is 2.12. The Morgan fingerprint density at radius 2 is 1.94 bits per heavy atom. The fraction of sp³-hybridized carbons (Fsp3) is 0.667. The van der Waals surface area contributed by atoms with E-state index in [1.54, 1.807) is 0 Å². The molecule has 0 radical (unpaired) electrons. The highest BCUT2D eigenvalue weighted by Crippen LogP contribution is 2.26. The third kappa shape index (κ3) is 3.72. The SMILES string of the molecule is Cc1ccc(NCCC2CCCCC2)c(C)n1. The van der Waals surface area contributed by atoms with Gasteiger partial charge in [0, 0.05) is 12.2 Å². The molecule has 2 heteroatoms. The molecule has 1 N–H and O–H groups in total. The normalized spacial score (nSPS) is 17.1. The lowest BCUT2D eigenvalue weighted by atomic mass is 9.87. The zero-order valence-electron chi connectivity index (χ0n) is 11.1. The Bertz CT molecular complexity index is 354. The van der Waals surface area contributed by atoms with Crippen LogP contribution in [0.25, 0.3) is 0 Å². The van der Waals surface area contributed by atoms with Gasteiger partial charge in [0.1, 0.15) is 0 Å². The second-order valence-corrected chi connectivity index (χ2v) is 5.31. The number of aryl methyl sites for hydroxylation is 2. The second kappa shape index (κ2) is 6.04. The van der Waals surface area contributed by atoms with Crippen molar-refractivity contribution >= 4 is 5.69 Å². The van der Waals surface area contributed by atoms with Gasteiger partial charge in [-0.25, -0.2) is 0 Å². The van der Waals surface area contributed by atoms with Gasteiger partial charge < -0.3 is 5.32 Å². The number of hydrogen-bond acceptors (Lipinski definition) is 2. The van der Waals surface area contributed by atoms with Crippen molar-refractivity contribution in [2.45, 2.75) is 52.4 Å². The predicted molar refractivity (Wildman–Crippen MR) is 73.4 cm³/mol. The quantitative estimate of drug-likeness (QED) is 0.846. The monoisotopic (exact) mass is 232 g/mol. The maximum Gasteiger partial charge on any atom is 0.0606 e. The summed E-state index contributed by atoms with van der Waals surface area (Å²) < 4.78 is 0. The van der Waals surface area contributed by atoms with Crippen LogP contribution < -0.4 is 5.32 Å². The van der Waals surface area contributed by atoms with Crippen LogP contribution >= 0.6 is 0 Å². The maximum atomic E-state index is 4.48. The number of hydrogen-bond donors (Lipinski definition) is 1. The zero-order valence-corrected chi connectivity index (χ0v) is 11.1. The molecule has 17 heavy (non-hydrogen) atoms. The number of rotatable bonds is 4.